The minimum Gasteiger partial charge on any atom is -0.478 e. The van der Waals surface area contributed by atoms with E-state index in [9.17, 15) is 14.7 Å². The molecule has 266 valence electrons. The lowest BCUT2D eigenvalue weighted by molar-refractivity contribution is 0.0598. The Morgan fingerprint density at radius 1 is 0.679 bits per heavy atom. The van der Waals surface area contributed by atoms with E-state index in [1.807, 2.05) is 60.1 Å². The van der Waals surface area contributed by atoms with Gasteiger partial charge in [-0.25, -0.2) is 19.6 Å². The van der Waals surface area contributed by atoms with E-state index in [1.165, 1.54) is 29.8 Å². The van der Waals surface area contributed by atoms with Gasteiger partial charge in [0.25, 0.3) is 0 Å². The van der Waals surface area contributed by atoms with Crippen LogP contribution >= 0.6 is 85.0 Å². The average Bonchev–Trinajstić information content (AvgIpc) is 3.86. The zero-order valence-electron chi connectivity index (χ0n) is 27.5. The third kappa shape index (κ3) is 8.82. The van der Waals surface area contributed by atoms with Crippen molar-refractivity contribution in [3.8, 4) is 54.8 Å². The van der Waals surface area contributed by atoms with Crippen LogP contribution < -0.4 is 0 Å². The van der Waals surface area contributed by atoms with Gasteiger partial charge in [0.15, 0.2) is 0 Å². The molecule has 0 aliphatic rings. The van der Waals surface area contributed by atoms with Gasteiger partial charge in [0, 0.05) is 49.9 Å². The Morgan fingerprint density at radius 2 is 1.21 bits per heavy atom. The van der Waals surface area contributed by atoms with E-state index in [0.29, 0.717) is 35.7 Å². The first-order chi connectivity index (χ1) is 25.4. The molecule has 0 amide bonds. The number of benzene rings is 4. The zero-order valence-corrected chi connectivity index (χ0v) is 33.8. The number of nitrogens with zero attached hydrogens (tertiary/aromatic N) is 3. The largest absolute Gasteiger partial charge is 0.478 e. The molecule has 7 nitrogen and oxygen atoms in total. The van der Waals surface area contributed by atoms with E-state index >= 15 is 0 Å². The fourth-order valence-corrected chi connectivity index (χ4v) is 7.84. The number of thiazole rings is 2. The van der Waals surface area contributed by atoms with E-state index in [2.05, 4.69) is 30.9 Å². The number of ether oxygens (including phenoxy) is 1. The molecule has 0 aliphatic carbocycles. The lowest BCUT2D eigenvalue weighted by atomic mass is 9.95. The fraction of sp³-hybridized carbons (Fsp3) is 0.0513. The second-order valence-electron chi connectivity index (χ2n) is 11.3. The summed E-state index contributed by atoms with van der Waals surface area (Å²) in [5, 5.41) is 17.1. The number of hydrogen-bond acceptors (Lipinski definition) is 8. The van der Waals surface area contributed by atoms with E-state index in [1.54, 1.807) is 48.8 Å². The Morgan fingerprint density at radius 3 is 1.72 bits per heavy atom. The number of carbonyl (C=O) groups is 2. The Hall–Kier alpha value is -4.13. The number of halogens is 5. The van der Waals surface area contributed by atoms with Crippen LogP contribution in [0.3, 0.4) is 0 Å². The summed E-state index contributed by atoms with van der Waals surface area (Å²) >= 11 is 30.4. The van der Waals surface area contributed by atoms with E-state index in [0.717, 1.165) is 54.8 Å². The standard InChI is InChI=1S/C22H14Cl2N2O2S.C17H10BrCl2NO2S/c1-12-10-25-7-6-15(12)16-4-2-14(8-17(16)22(27)28)21-26-20(11-29-21)13-3-5-18(23)19(24)9-13;1-23-17(22)11-6-10(2-4-12(11)18)16-21-15(8-24-16)9-3-5-13(19)14(20)7-9/h2-11H,1H3,(H,27,28);2-8H,1H3. The van der Waals surface area contributed by atoms with Crippen LogP contribution in [0.4, 0.5) is 0 Å². The topological polar surface area (TPSA) is 102 Å². The second kappa shape index (κ2) is 16.9. The first-order valence-corrected chi connectivity index (χ1v) is 19.5. The van der Waals surface area contributed by atoms with E-state index in [4.69, 9.17) is 51.1 Å². The highest BCUT2D eigenvalue weighted by molar-refractivity contribution is 9.10. The van der Waals surface area contributed by atoms with Gasteiger partial charge in [0.2, 0.25) is 0 Å². The molecule has 0 radical (unpaired) electrons. The van der Waals surface area contributed by atoms with Crippen LogP contribution in [0, 0.1) is 6.92 Å². The van der Waals surface area contributed by atoms with Crippen molar-refractivity contribution < 1.29 is 19.4 Å². The third-order valence-corrected chi connectivity index (χ3v) is 11.8. The molecule has 4 aromatic carbocycles. The van der Waals surface area contributed by atoms with Gasteiger partial charge in [-0.1, -0.05) is 76.7 Å². The summed E-state index contributed by atoms with van der Waals surface area (Å²) in [6.45, 7) is 1.91. The highest BCUT2D eigenvalue weighted by Crippen LogP contribution is 2.36. The molecule has 53 heavy (non-hydrogen) atoms. The number of pyridine rings is 1. The highest BCUT2D eigenvalue weighted by Gasteiger charge is 2.17. The number of rotatable bonds is 7. The van der Waals surface area contributed by atoms with Gasteiger partial charge in [0.05, 0.1) is 49.7 Å². The molecule has 7 rings (SSSR count). The van der Waals surface area contributed by atoms with Gasteiger partial charge < -0.3 is 9.84 Å². The monoisotopic (exact) mass is 881 g/mol. The molecular weight excluding hydrogens is 860 g/mol. The number of aryl methyl sites for hydroxylation is 1. The Balaban J connectivity index is 0.000000185. The average molecular weight is 884 g/mol. The van der Waals surface area contributed by atoms with Crippen molar-refractivity contribution in [1.29, 1.82) is 0 Å². The quantitative estimate of drug-likeness (QED) is 0.159. The van der Waals surface area contributed by atoms with Crippen molar-refractivity contribution in [3.63, 3.8) is 0 Å². The Labute approximate surface area is 340 Å². The number of carboxylic acids is 1. The maximum atomic E-state index is 11.9. The number of aromatic carboxylic acids is 1. The summed E-state index contributed by atoms with van der Waals surface area (Å²) < 4.78 is 5.47. The van der Waals surface area contributed by atoms with Gasteiger partial charge in [-0.2, -0.15) is 0 Å². The van der Waals surface area contributed by atoms with Crippen molar-refractivity contribution in [2.45, 2.75) is 6.92 Å². The van der Waals surface area contributed by atoms with Crippen molar-refractivity contribution in [3.05, 3.63) is 143 Å². The first kappa shape index (κ1) is 38.6. The molecule has 0 spiro atoms. The number of methoxy groups -OCH3 is 1. The number of hydrogen-bond donors (Lipinski definition) is 1. The second-order valence-corrected chi connectivity index (χ2v) is 15.5. The molecule has 0 saturated heterocycles. The SMILES string of the molecule is COC(=O)c1cc(-c2nc(-c3ccc(Cl)c(Cl)c3)cs2)ccc1Br.Cc1cnccc1-c1ccc(-c2nc(-c3ccc(Cl)c(Cl)c3)cs2)cc1C(=O)O. The molecule has 14 heteroatoms. The highest BCUT2D eigenvalue weighted by atomic mass is 79.9. The normalized spacial score (nSPS) is 10.8. The fourth-order valence-electron chi connectivity index (χ4n) is 5.18. The molecule has 7 aromatic rings. The van der Waals surface area contributed by atoms with Crippen LogP contribution in [0.2, 0.25) is 20.1 Å². The van der Waals surface area contributed by atoms with Crippen LogP contribution in [-0.2, 0) is 4.74 Å². The predicted molar refractivity (Wildman–Crippen MR) is 220 cm³/mol. The van der Waals surface area contributed by atoms with Crippen LogP contribution in [0.15, 0.2) is 106 Å². The molecule has 3 aromatic heterocycles. The van der Waals surface area contributed by atoms with Crippen molar-refractivity contribution in [2.24, 2.45) is 0 Å². The van der Waals surface area contributed by atoms with E-state index < -0.39 is 11.9 Å². The number of esters is 1. The summed E-state index contributed by atoms with van der Waals surface area (Å²) in [6.07, 6.45) is 3.38. The van der Waals surface area contributed by atoms with Crippen molar-refractivity contribution in [2.75, 3.05) is 7.11 Å². The van der Waals surface area contributed by atoms with Gasteiger partial charge in [-0.15, -0.1) is 22.7 Å². The number of carboxylic acid groups (broad SMARTS) is 1. The molecule has 0 atom stereocenters. The minimum absolute atomic E-state index is 0.225. The Kier molecular flexibility index (Phi) is 12.3. The lowest BCUT2D eigenvalue weighted by Gasteiger charge is -2.10. The van der Waals surface area contributed by atoms with Gasteiger partial charge >= 0.3 is 11.9 Å². The minimum atomic E-state index is -0.987. The number of carbonyl (C=O) groups excluding carboxylic acids is 1. The summed E-state index contributed by atoms with van der Waals surface area (Å²) in [6, 6.07) is 23.4. The zero-order chi connectivity index (χ0) is 37.8. The molecule has 0 saturated carbocycles. The third-order valence-electron chi connectivity index (χ3n) is 7.87. The summed E-state index contributed by atoms with van der Waals surface area (Å²) in [5.74, 6) is -1.38. The van der Waals surface area contributed by atoms with Crippen LogP contribution in [-0.4, -0.2) is 39.1 Å². The van der Waals surface area contributed by atoms with Crippen LogP contribution in [0.25, 0.3) is 54.8 Å². The number of aromatic nitrogens is 3. The summed E-state index contributed by atoms with van der Waals surface area (Å²) in [7, 11) is 1.35. The summed E-state index contributed by atoms with van der Waals surface area (Å²) in [5.41, 5.74) is 7.99. The van der Waals surface area contributed by atoms with Crippen molar-refractivity contribution in [1.82, 2.24) is 15.0 Å². The van der Waals surface area contributed by atoms with Gasteiger partial charge in [0.1, 0.15) is 10.0 Å². The van der Waals surface area contributed by atoms with Crippen LogP contribution in [0.5, 0.6) is 0 Å². The molecule has 3 heterocycles. The van der Waals surface area contributed by atoms with Crippen molar-refractivity contribution >= 4 is 96.9 Å². The van der Waals surface area contributed by atoms with Gasteiger partial charge in [-0.05, 0) is 88.1 Å². The lowest BCUT2D eigenvalue weighted by Crippen LogP contribution is -2.02. The molecule has 0 unspecified atom stereocenters. The maximum absolute atomic E-state index is 11.9. The smallest absolute Gasteiger partial charge is 0.339 e. The maximum Gasteiger partial charge on any atom is 0.339 e. The first-order valence-electron chi connectivity index (χ1n) is 15.4. The van der Waals surface area contributed by atoms with E-state index in [-0.39, 0.29) is 5.56 Å². The molecule has 0 aliphatic heterocycles. The Bertz CT molecular complexity index is 2510. The molecule has 0 fully saturated rings. The molecule has 1 N–H and O–H groups in total. The predicted octanol–water partition coefficient (Wildman–Crippen LogP) is 13.2. The van der Waals surface area contributed by atoms with Gasteiger partial charge in [-0.3, -0.25) is 4.98 Å². The summed E-state index contributed by atoms with van der Waals surface area (Å²) in [4.78, 5) is 37.1. The van der Waals surface area contributed by atoms with Crippen LogP contribution in [0.1, 0.15) is 26.3 Å². The molecule has 0 bridgehead atoms. The molecular formula is C39H24BrCl4N3O4S2.